The van der Waals surface area contributed by atoms with E-state index in [0.717, 1.165) is 17.3 Å². The quantitative estimate of drug-likeness (QED) is 0.889. The van der Waals surface area contributed by atoms with E-state index in [4.69, 9.17) is 0 Å². The van der Waals surface area contributed by atoms with Crippen LogP contribution in [0.3, 0.4) is 0 Å². The molecule has 2 rings (SSSR count). The van der Waals surface area contributed by atoms with Gasteiger partial charge in [-0.1, -0.05) is 18.2 Å². The molecule has 0 aromatic heterocycles. The molecule has 2 N–H and O–H groups in total. The monoisotopic (exact) mass is 290 g/mol. The van der Waals surface area contributed by atoms with Crippen LogP contribution in [-0.4, -0.2) is 13.0 Å². The number of likely N-dealkylation sites (N-methyl/N-ethyl adjacent to an activating group) is 1. The predicted molar refractivity (Wildman–Crippen MR) is 77.9 cm³/mol. The summed E-state index contributed by atoms with van der Waals surface area (Å²) < 4.78 is 26.3. The second kappa shape index (κ2) is 6.83. The third-order valence-electron chi connectivity index (χ3n) is 3.05. The Hall–Kier alpha value is -2.43. The van der Waals surface area contributed by atoms with Crippen LogP contribution in [0.1, 0.15) is 11.1 Å². The van der Waals surface area contributed by atoms with Crippen molar-refractivity contribution in [2.24, 2.45) is 0 Å². The average molecular weight is 290 g/mol. The lowest BCUT2D eigenvalue weighted by Crippen LogP contribution is -2.20. The lowest BCUT2D eigenvalue weighted by atomic mass is 10.1. The van der Waals surface area contributed by atoms with E-state index in [2.05, 4.69) is 10.6 Å². The lowest BCUT2D eigenvalue weighted by molar-refractivity contribution is -0.119. The molecule has 0 saturated heterocycles. The number of benzene rings is 2. The molecule has 21 heavy (non-hydrogen) atoms. The first-order valence-electron chi connectivity index (χ1n) is 6.56. The second-order valence-corrected chi connectivity index (χ2v) is 4.64. The van der Waals surface area contributed by atoms with Crippen molar-refractivity contribution in [3.05, 3.63) is 65.2 Å². The Morgan fingerprint density at radius 3 is 2.43 bits per heavy atom. The number of hydrogen-bond acceptors (Lipinski definition) is 2. The van der Waals surface area contributed by atoms with Crippen LogP contribution in [0.15, 0.2) is 42.5 Å². The molecule has 0 fully saturated rings. The molecule has 0 spiro atoms. The van der Waals surface area contributed by atoms with Crippen molar-refractivity contribution in [2.75, 3.05) is 12.4 Å². The van der Waals surface area contributed by atoms with Crippen LogP contribution in [0.5, 0.6) is 0 Å². The van der Waals surface area contributed by atoms with E-state index in [0.29, 0.717) is 5.56 Å². The number of para-hydroxylation sites is 1. The van der Waals surface area contributed by atoms with Gasteiger partial charge in [0.15, 0.2) is 0 Å². The van der Waals surface area contributed by atoms with Crippen molar-refractivity contribution in [1.29, 1.82) is 0 Å². The largest absolute Gasteiger partial charge is 0.381 e. The minimum Gasteiger partial charge on any atom is -0.381 e. The summed E-state index contributed by atoms with van der Waals surface area (Å²) in [6.07, 6.45) is 0.247. The van der Waals surface area contributed by atoms with Crippen molar-refractivity contribution in [3.8, 4) is 0 Å². The molecular formula is C16H16F2N2O. The second-order valence-electron chi connectivity index (χ2n) is 4.64. The normalized spacial score (nSPS) is 10.2. The van der Waals surface area contributed by atoms with E-state index in [1.54, 1.807) is 7.05 Å². The molecule has 0 atom stereocenters. The van der Waals surface area contributed by atoms with Crippen LogP contribution in [0.4, 0.5) is 14.5 Å². The Morgan fingerprint density at radius 2 is 1.76 bits per heavy atom. The number of carbonyl (C=O) groups excluding carboxylic acids is 1. The first-order valence-corrected chi connectivity index (χ1v) is 6.56. The van der Waals surface area contributed by atoms with E-state index < -0.39 is 11.6 Å². The minimum atomic E-state index is -0.606. The summed E-state index contributed by atoms with van der Waals surface area (Å²) in [5.74, 6) is -1.31. The Kier molecular flexibility index (Phi) is 4.87. The van der Waals surface area contributed by atoms with Crippen molar-refractivity contribution < 1.29 is 13.6 Å². The molecule has 2 aromatic carbocycles. The third-order valence-corrected chi connectivity index (χ3v) is 3.05. The number of hydrogen-bond donors (Lipinski definition) is 2. The van der Waals surface area contributed by atoms with E-state index in [1.807, 2.05) is 24.3 Å². The Bertz CT molecular complexity index is 624. The van der Waals surface area contributed by atoms with Gasteiger partial charge in [0.1, 0.15) is 11.6 Å². The summed E-state index contributed by atoms with van der Waals surface area (Å²) in [7, 11) is 1.58. The smallest absolute Gasteiger partial charge is 0.224 e. The predicted octanol–water partition coefficient (Wildman–Crippen LogP) is 2.87. The van der Waals surface area contributed by atoms with Gasteiger partial charge in [0, 0.05) is 25.3 Å². The zero-order valence-corrected chi connectivity index (χ0v) is 11.6. The number of carbonyl (C=O) groups is 1. The van der Waals surface area contributed by atoms with Gasteiger partial charge in [-0.25, -0.2) is 8.78 Å². The summed E-state index contributed by atoms with van der Waals surface area (Å²) in [4.78, 5) is 11.5. The van der Waals surface area contributed by atoms with Gasteiger partial charge in [0.25, 0.3) is 0 Å². The highest BCUT2D eigenvalue weighted by atomic mass is 19.1. The van der Waals surface area contributed by atoms with Crippen molar-refractivity contribution in [3.63, 3.8) is 0 Å². The number of halogens is 2. The molecule has 0 radical (unpaired) electrons. The zero-order valence-electron chi connectivity index (χ0n) is 11.6. The number of anilines is 1. The molecule has 110 valence electrons. The molecule has 0 heterocycles. The van der Waals surface area contributed by atoms with Gasteiger partial charge in [0.2, 0.25) is 5.91 Å². The van der Waals surface area contributed by atoms with Gasteiger partial charge in [-0.3, -0.25) is 4.79 Å². The Morgan fingerprint density at radius 1 is 1.10 bits per heavy atom. The fraction of sp³-hybridized carbons (Fsp3) is 0.188. The maximum atomic E-state index is 13.1. The molecule has 0 aliphatic heterocycles. The van der Waals surface area contributed by atoms with Crippen LogP contribution in [0.25, 0.3) is 0 Å². The van der Waals surface area contributed by atoms with Gasteiger partial charge < -0.3 is 10.6 Å². The van der Waals surface area contributed by atoms with Crippen LogP contribution in [-0.2, 0) is 17.8 Å². The molecule has 1 amide bonds. The highest BCUT2D eigenvalue weighted by Gasteiger charge is 2.07. The number of rotatable bonds is 5. The molecule has 0 bridgehead atoms. The fourth-order valence-corrected chi connectivity index (χ4v) is 2.02. The first kappa shape index (κ1) is 15.0. The SMILES string of the molecule is CNC(=O)Cc1ccccc1NCc1cc(F)cc(F)c1. The molecule has 0 unspecified atom stereocenters. The zero-order chi connectivity index (χ0) is 15.2. The average Bonchev–Trinajstić information content (AvgIpc) is 2.45. The highest BCUT2D eigenvalue weighted by molar-refractivity contribution is 5.80. The van der Waals surface area contributed by atoms with E-state index in [1.165, 1.54) is 12.1 Å². The molecule has 2 aromatic rings. The maximum absolute atomic E-state index is 13.1. The first-order chi connectivity index (χ1) is 10.1. The summed E-state index contributed by atoms with van der Waals surface area (Å²) >= 11 is 0. The summed E-state index contributed by atoms with van der Waals surface area (Å²) in [6, 6.07) is 10.7. The van der Waals surface area contributed by atoms with Gasteiger partial charge in [-0.2, -0.15) is 0 Å². The van der Waals surface area contributed by atoms with Gasteiger partial charge in [-0.15, -0.1) is 0 Å². The van der Waals surface area contributed by atoms with Crippen LogP contribution >= 0.6 is 0 Å². The summed E-state index contributed by atoms with van der Waals surface area (Å²) in [5.41, 5.74) is 2.10. The van der Waals surface area contributed by atoms with E-state index in [9.17, 15) is 13.6 Å². The molecule has 5 heteroatoms. The maximum Gasteiger partial charge on any atom is 0.224 e. The number of amides is 1. The fourth-order valence-electron chi connectivity index (χ4n) is 2.02. The third kappa shape index (κ3) is 4.27. The van der Waals surface area contributed by atoms with E-state index in [-0.39, 0.29) is 18.9 Å². The molecule has 3 nitrogen and oxygen atoms in total. The lowest BCUT2D eigenvalue weighted by Gasteiger charge is -2.12. The number of nitrogens with one attached hydrogen (secondary N) is 2. The molecule has 0 aliphatic rings. The molecule has 0 saturated carbocycles. The summed E-state index contributed by atoms with van der Waals surface area (Å²) in [5, 5.41) is 5.66. The van der Waals surface area contributed by atoms with Crippen molar-refractivity contribution in [1.82, 2.24) is 5.32 Å². The van der Waals surface area contributed by atoms with Crippen molar-refractivity contribution in [2.45, 2.75) is 13.0 Å². The van der Waals surface area contributed by atoms with E-state index >= 15 is 0 Å². The van der Waals surface area contributed by atoms with Gasteiger partial charge >= 0.3 is 0 Å². The minimum absolute atomic E-state index is 0.0962. The van der Waals surface area contributed by atoms with Crippen LogP contribution in [0.2, 0.25) is 0 Å². The summed E-state index contributed by atoms with van der Waals surface area (Å²) in [6.45, 7) is 0.277. The standard InChI is InChI=1S/C16H16F2N2O/c1-19-16(21)8-12-4-2-3-5-15(12)20-10-11-6-13(17)9-14(18)7-11/h2-7,9,20H,8,10H2,1H3,(H,19,21). The molecular weight excluding hydrogens is 274 g/mol. The Labute approximate surface area is 122 Å². The molecule has 0 aliphatic carbocycles. The van der Waals surface area contributed by atoms with Gasteiger partial charge in [0.05, 0.1) is 6.42 Å². The van der Waals surface area contributed by atoms with Crippen molar-refractivity contribution >= 4 is 11.6 Å². The Balaban J connectivity index is 2.10. The topological polar surface area (TPSA) is 41.1 Å². The van der Waals surface area contributed by atoms with Gasteiger partial charge in [-0.05, 0) is 29.3 Å². The van der Waals surface area contributed by atoms with Crippen LogP contribution in [0, 0.1) is 11.6 Å². The highest BCUT2D eigenvalue weighted by Crippen LogP contribution is 2.17. The van der Waals surface area contributed by atoms with Crippen LogP contribution < -0.4 is 10.6 Å².